The summed E-state index contributed by atoms with van der Waals surface area (Å²) in [4.78, 5) is 36.7. The Morgan fingerprint density at radius 3 is 2.43 bits per heavy atom. The van der Waals surface area contributed by atoms with Crippen molar-refractivity contribution in [3.63, 3.8) is 0 Å². The van der Waals surface area contributed by atoms with Crippen LogP contribution in [0.2, 0.25) is 10.0 Å². The van der Waals surface area contributed by atoms with Crippen molar-refractivity contribution in [2.45, 2.75) is 60.0 Å². The maximum atomic E-state index is 14.2. The van der Waals surface area contributed by atoms with E-state index in [-0.39, 0.29) is 18.0 Å². The highest BCUT2D eigenvalue weighted by atomic mass is 35.5. The number of carboxylic acids is 1. The number of aromatic carboxylic acids is 1. The Morgan fingerprint density at radius 2 is 1.72 bits per heavy atom. The van der Waals surface area contributed by atoms with Crippen molar-refractivity contribution in [1.82, 2.24) is 25.1 Å². The first-order valence-electron chi connectivity index (χ1n) is 18.0. The summed E-state index contributed by atoms with van der Waals surface area (Å²) in [6, 6.07) is 19.0. The molecule has 0 aliphatic carbocycles. The lowest BCUT2D eigenvalue weighted by Gasteiger charge is -2.30. The van der Waals surface area contributed by atoms with Crippen LogP contribution in [0.15, 0.2) is 60.7 Å². The van der Waals surface area contributed by atoms with Gasteiger partial charge in [-0.1, -0.05) is 53.5 Å². The molecule has 54 heavy (non-hydrogen) atoms. The zero-order valence-corrected chi connectivity index (χ0v) is 32.5. The number of amides is 1. The molecule has 278 valence electrons. The third-order valence-electron chi connectivity index (χ3n) is 10.3. The van der Waals surface area contributed by atoms with Gasteiger partial charge in [-0.2, -0.15) is 5.10 Å². The first-order valence-corrected chi connectivity index (χ1v) is 18.7. The molecule has 6 aromatic rings. The van der Waals surface area contributed by atoms with Crippen molar-refractivity contribution >= 4 is 51.8 Å². The normalized spacial score (nSPS) is 12.6. The molecular formula is C42H42Cl2N6O4. The summed E-state index contributed by atoms with van der Waals surface area (Å²) in [5.74, 6) is -0.0959. The van der Waals surface area contributed by atoms with Crippen LogP contribution in [0.1, 0.15) is 72.2 Å². The quantitative estimate of drug-likeness (QED) is 0.113. The van der Waals surface area contributed by atoms with Gasteiger partial charge in [-0.3, -0.25) is 9.48 Å². The Morgan fingerprint density at radius 1 is 0.981 bits per heavy atom. The summed E-state index contributed by atoms with van der Waals surface area (Å²) >= 11 is 13.3. The van der Waals surface area contributed by atoms with Crippen molar-refractivity contribution in [1.29, 1.82) is 0 Å². The first-order chi connectivity index (χ1) is 25.9. The van der Waals surface area contributed by atoms with Gasteiger partial charge in [0, 0.05) is 47.4 Å². The zero-order chi connectivity index (χ0) is 38.3. The van der Waals surface area contributed by atoms with Crippen LogP contribution in [0.25, 0.3) is 22.0 Å². The SMILES string of the molecule is Cc1cc(OCCCc2c(C(=O)NCc3cc(C(=O)O)cc(N4CCc5ccccc5C4)n3)[nH]c3c(-c4c(C)nn(C)c4C)c(Cl)ccc23)cc(C)c1Cl. The minimum Gasteiger partial charge on any atom is -0.494 e. The number of nitrogens with zero attached hydrogens (tertiary/aromatic N) is 4. The summed E-state index contributed by atoms with van der Waals surface area (Å²) < 4.78 is 7.96. The van der Waals surface area contributed by atoms with Crippen LogP contribution in [-0.4, -0.2) is 49.9 Å². The van der Waals surface area contributed by atoms with E-state index >= 15 is 0 Å². The molecule has 0 saturated heterocycles. The van der Waals surface area contributed by atoms with E-state index in [0.717, 1.165) is 67.3 Å². The van der Waals surface area contributed by atoms with Gasteiger partial charge in [0.15, 0.2) is 0 Å². The minimum absolute atomic E-state index is 0.0268. The molecule has 0 saturated carbocycles. The molecule has 0 bridgehead atoms. The number of benzene rings is 3. The Hall–Kier alpha value is -5.32. The molecule has 0 fully saturated rings. The van der Waals surface area contributed by atoms with Crippen LogP contribution in [0.3, 0.4) is 0 Å². The third-order valence-corrected chi connectivity index (χ3v) is 11.2. The highest BCUT2D eigenvalue weighted by molar-refractivity contribution is 6.35. The summed E-state index contributed by atoms with van der Waals surface area (Å²) in [6.07, 6.45) is 1.99. The number of aromatic amines is 1. The summed E-state index contributed by atoms with van der Waals surface area (Å²) in [7, 11) is 1.89. The number of H-pyrrole nitrogens is 1. The smallest absolute Gasteiger partial charge is 0.335 e. The predicted molar refractivity (Wildman–Crippen MR) is 213 cm³/mol. The molecule has 3 aromatic carbocycles. The molecule has 0 atom stereocenters. The second-order valence-electron chi connectivity index (χ2n) is 13.9. The fourth-order valence-electron chi connectivity index (χ4n) is 7.45. The number of ether oxygens (including phenoxy) is 1. The molecule has 1 aliphatic heterocycles. The maximum Gasteiger partial charge on any atom is 0.335 e. The highest BCUT2D eigenvalue weighted by Crippen LogP contribution is 2.40. The van der Waals surface area contributed by atoms with Crippen molar-refractivity contribution in [2.75, 3.05) is 18.1 Å². The summed E-state index contributed by atoms with van der Waals surface area (Å²) in [5.41, 5.74) is 10.4. The number of nitrogens with one attached hydrogen (secondary N) is 2. The molecule has 0 radical (unpaired) electrons. The molecule has 0 unspecified atom stereocenters. The molecule has 0 spiro atoms. The van der Waals surface area contributed by atoms with E-state index in [2.05, 4.69) is 32.4 Å². The van der Waals surface area contributed by atoms with Gasteiger partial charge in [0.05, 0.1) is 40.6 Å². The van der Waals surface area contributed by atoms with Crippen LogP contribution in [0.5, 0.6) is 5.75 Å². The highest BCUT2D eigenvalue weighted by Gasteiger charge is 2.25. The second kappa shape index (κ2) is 15.2. The average Bonchev–Trinajstić information content (AvgIpc) is 3.65. The van der Waals surface area contributed by atoms with Gasteiger partial charge >= 0.3 is 5.97 Å². The Balaban J connectivity index is 1.19. The van der Waals surface area contributed by atoms with Gasteiger partial charge < -0.3 is 25.0 Å². The van der Waals surface area contributed by atoms with Crippen molar-refractivity contribution in [3.8, 4) is 16.9 Å². The monoisotopic (exact) mass is 764 g/mol. The van der Waals surface area contributed by atoms with Gasteiger partial charge in [0.1, 0.15) is 17.3 Å². The molecule has 4 heterocycles. The number of hydrogen-bond donors (Lipinski definition) is 3. The largest absolute Gasteiger partial charge is 0.494 e. The number of rotatable bonds is 11. The van der Waals surface area contributed by atoms with Crippen LogP contribution >= 0.6 is 23.2 Å². The van der Waals surface area contributed by atoms with E-state index in [0.29, 0.717) is 54.8 Å². The third kappa shape index (κ3) is 7.28. The predicted octanol–water partition coefficient (Wildman–Crippen LogP) is 8.71. The lowest BCUT2D eigenvalue weighted by Crippen LogP contribution is -2.32. The van der Waals surface area contributed by atoms with Gasteiger partial charge in [0.2, 0.25) is 0 Å². The number of aromatic nitrogens is 4. The molecule has 7 rings (SSSR count). The minimum atomic E-state index is -1.06. The number of pyridine rings is 1. The number of carboxylic acid groups (broad SMARTS) is 1. The van der Waals surface area contributed by atoms with E-state index in [9.17, 15) is 14.7 Å². The lowest BCUT2D eigenvalue weighted by molar-refractivity contribution is 0.0696. The fourth-order valence-corrected chi connectivity index (χ4v) is 7.82. The standard InChI is InChI=1S/C42H42Cl2N6O4/c1-23-17-31(18-24(2)38(23)44)54-16-8-11-32-33-12-13-34(43)37(36-25(3)48-49(5)26(36)4)39(33)47-40(32)41(51)45-21-30-19-29(42(52)53)20-35(46-30)50-15-14-27-9-6-7-10-28(27)22-50/h6-7,9-10,12-13,17-20,47H,8,11,14-16,21-22H2,1-5H3,(H,45,51)(H,52,53). The van der Waals surface area contributed by atoms with Gasteiger partial charge in [-0.15, -0.1) is 0 Å². The van der Waals surface area contributed by atoms with Gasteiger partial charge in [-0.05, 0) is 105 Å². The van der Waals surface area contributed by atoms with Gasteiger partial charge in [-0.25, -0.2) is 9.78 Å². The van der Waals surface area contributed by atoms with Crippen molar-refractivity contribution in [2.24, 2.45) is 7.05 Å². The average molecular weight is 766 g/mol. The molecule has 1 amide bonds. The molecular weight excluding hydrogens is 723 g/mol. The van der Waals surface area contributed by atoms with Crippen LogP contribution in [0.4, 0.5) is 5.82 Å². The number of aryl methyl sites for hydroxylation is 5. The van der Waals surface area contributed by atoms with E-state index in [1.165, 1.54) is 17.2 Å². The van der Waals surface area contributed by atoms with E-state index in [1.54, 1.807) is 6.07 Å². The van der Waals surface area contributed by atoms with Crippen LogP contribution in [0, 0.1) is 27.7 Å². The van der Waals surface area contributed by atoms with E-state index in [1.807, 2.05) is 75.8 Å². The first kappa shape index (κ1) is 37.0. The number of carbonyl (C=O) groups is 2. The number of anilines is 1. The van der Waals surface area contributed by atoms with E-state index in [4.69, 9.17) is 32.9 Å². The Labute approximate surface area is 324 Å². The van der Waals surface area contributed by atoms with Crippen LogP contribution < -0.4 is 15.0 Å². The second-order valence-corrected chi connectivity index (χ2v) is 14.7. The van der Waals surface area contributed by atoms with Gasteiger partial charge in [0.25, 0.3) is 5.91 Å². The molecule has 1 aliphatic rings. The number of carbonyl (C=O) groups excluding carboxylic acids is 1. The molecule has 12 heteroatoms. The molecule has 3 N–H and O–H groups in total. The Bertz CT molecular complexity index is 2410. The summed E-state index contributed by atoms with van der Waals surface area (Å²) in [5, 5.41) is 19.8. The number of hydrogen-bond acceptors (Lipinski definition) is 6. The zero-order valence-electron chi connectivity index (χ0n) is 30.9. The molecule has 10 nitrogen and oxygen atoms in total. The van der Waals surface area contributed by atoms with E-state index < -0.39 is 5.97 Å². The lowest BCUT2D eigenvalue weighted by atomic mass is 9.98. The topological polar surface area (TPSA) is 125 Å². The van der Waals surface area contributed by atoms with Crippen molar-refractivity contribution in [3.05, 3.63) is 127 Å². The number of fused-ring (bicyclic) bond motifs is 2. The summed E-state index contributed by atoms with van der Waals surface area (Å²) in [6.45, 7) is 9.63. The maximum absolute atomic E-state index is 14.2. The molecule has 3 aromatic heterocycles. The van der Waals surface area contributed by atoms with Crippen molar-refractivity contribution < 1.29 is 19.4 Å². The number of halogens is 2. The van der Waals surface area contributed by atoms with Crippen LogP contribution in [-0.2, 0) is 33.0 Å². The Kier molecular flexibility index (Phi) is 10.4. The fraction of sp³-hybridized carbons (Fsp3) is 0.286.